The number of aryl methyl sites for hydroxylation is 2. The number of nitrogens with zero attached hydrogens (tertiary/aromatic N) is 2. The van der Waals surface area contributed by atoms with Gasteiger partial charge in [-0.15, -0.1) is 0 Å². The number of aromatic hydroxyl groups is 1. The molecule has 5 heteroatoms. The molecule has 2 heterocycles. The summed E-state index contributed by atoms with van der Waals surface area (Å²) in [7, 11) is 0. The summed E-state index contributed by atoms with van der Waals surface area (Å²) >= 11 is 1.38. The quantitative estimate of drug-likeness (QED) is 0.586. The molecule has 0 saturated heterocycles. The molecular formula is C18H14N2O2S. The first kappa shape index (κ1) is 14.0. The molecule has 2 aromatic carbocycles. The molecule has 4 nitrogen and oxygen atoms in total. The van der Waals surface area contributed by atoms with Crippen LogP contribution in [0.5, 0.6) is 5.75 Å². The van der Waals surface area contributed by atoms with E-state index in [-0.39, 0.29) is 11.3 Å². The van der Waals surface area contributed by atoms with Crippen LogP contribution in [-0.4, -0.2) is 14.5 Å². The minimum Gasteiger partial charge on any atom is -0.508 e. The molecule has 0 spiro atoms. The second-order valence-corrected chi connectivity index (χ2v) is 6.70. The van der Waals surface area contributed by atoms with Crippen LogP contribution >= 0.6 is 11.3 Å². The average molecular weight is 322 g/mol. The van der Waals surface area contributed by atoms with Crippen molar-refractivity contribution >= 4 is 33.4 Å². The summed E-state index contributed by atoms with van der Waals surface area (Å²) in [5, 5.41) is 9.34. The smallest absolute Gasteiger partial charge is 0.274 e. The Kier molecular flexibility index (Phi) is 2.99. The SMILES string of the molecule is Cc1cc(C)c2nc3sc(=Cc4ccc(O)cc4)c(=O)n3c2c1. The van der Waals surface area contributed by atoms with Crippen LogP contribution in [0.3, 0.4) is 0 Å². The molecular weight excluding hydrogens is 308 g/mol. The van der Waals surface area contributed by atoms with Crippen LogP contribution in [0.15, 0.2) is 41.2 Å². The Morgan fingerprint density at radius 3 is 2.65 bits per heavy atom. The molecule has 4 aromatic rings. The van der Waals surface area contributed by atoms with E-state index in [1.165, 1.54) is 11.3 Å². The lowest BCUT2D eigenvalue weighted by Gasteiger charge is -1.97. The van der Waals surface area contributed by atoms with Crippen molar-refractivity contribution in [3.8, 4) is 5.75 Å². The number of thiazole rings is 1. The predicted octanol–water partition coefficient (Wildman–Crippen LogP) is 2.78. The summed E-state index contributed by atoms with van der Waals surface area (Å²) in [5.74, 6) is 0.211. The Hall–Kier alpha value is -2.66. The molecule has 0 unspecified atom stereocenters. The Balaban J connectivity index is 2.02. The Morgan fingerprint density at radius 2 is 1.91 bits per heavy atom. The van der Waals surface area contributed by atoms with Crippen molar-refractivity contribution in [2.24, 2.45) is 0 Å². The van der Waals surface area contributed by atoms with Gasteiger partial charge in [0.25, 0.3) is 5.56 Å². The molecule has 0 amide bonds. The largest absolute Gasteiger partial charge is 0.508 e. The highest BCUT2D eigenvalue weighted by molar-refractivity contribution is 7.15. The molecule has 0 saturated carbocycles. The summed E-state index contributed by atoms with van der Waals surface area (Å²) < 4.78 is 2.32. The fourth-order valence-corrected chi connectivity index (χ4v) is 3.81. The van der Waals surface area contributed by atoms with Gasteiger partial charge in [0.1, 0.15) is 5.75 Å². The van der Waals surface area contributed by atoms with Crippen molar-refractivity contribution in [1.29, 1.82) is 0 Å². The minimum absolute atomic E-state index is 0.0504. The second-order valence-electron chi connectivity index (χ2n) is 5.69. The molecule has 23 heavy (non-hydrogen) atoms. The van der Waals surface area contributed by atoms with Gasteiger partial charge in [0.05, 0.1) is 15.6 Å². The highest BCUT2D eigenvalue weighted by Gasteiger charge is 2.13. The van der Waals surface area contributed by atoms with Gasteiger partial charge in [-0.05, 0) is 54.8 Å². The van der Waals surface area contributed by atoms with E-state index in [2.05, 4.69) is 11.1 Å². The van der Waals surface area contributed by atoms with Gasteiger partial charge in [-0.3, -0.25) is 4.79 Å². The normalized spacial score (nSPS) is 12.5. The van der Waals surface area contributed by atoms with E-state index in [9.17, 15) is 9.90 Å². The number of benzene rings is 2. The molecule has 114 valence electrons. The number of hydrogen-bond donors (Lipinski definition) is 1. The third-order valence-electron chi connectivity index (χ3n) is 3.87. The first-order valence-corrected chi connectivity index (χ1v) is 8.07. The predicted molar refractivity (Wildman–Crippen MR) is 93.2 cm³/mol. The molecule has 4 rings (SSSR count). The molecule has 1 N–H and O–H groups in total. The Labute approximate surface area is 136 Å². The van der Waals surface area contributed by atoms with Gasteiger partial charge >= 0.3 is 0 Å². The third kappa shape index (κ3) is 2.21. The first-order valence-electron chi connectivity index (χ1n) is 7.26. The maximum Gasteiger partial charge on any atom is 0.274 e. The Morgan fingerprint density at radius 1 is 1.17 bits per heavy atom. The average Bonchev–Trinajstić information content (AvgIpc) is 3.00. The first-order chi connectivity index (χ1) is 11.0. The van der Waals surface area contributed by atoms with Gasteiger partial charge in [-0.2, -0.15) is 0 Å². The van der Waals surface area contributed by atoms with Crippen molar-refractivity contribution < 1.29 is 5.11 Å². The van der Waals surface area contributed by atoms with Gasteiger partial charge in [-0.25, -0.2) is 9.38 Å². The maximum absolute atomic E-state index is 12.8. The summed E-state index contributed by atoms with van der Waals surface area (Å²) in [6, 6.07) is 10.9. The minimum atomic E-state index is -0.0504. The number of hydrogen-bond acceptors (Lipinski definition) is 4. The fourth-order valence-electron chi connectivity index (χ4n) is 2.83. The lowest BCUT2D eigenvalue weighted by atomic mass is 10.1. The standard InChI is InChI=1S/C18H14N2O2S/c1-10-7-11(2)16-14(8-10)20-17(22)15(23-18(20)19-16)9-12-3-5-13(21)6-4-12/h3-9,21H,1-2H3. The summed E-state index contributed by atoms with van der Waals surface area (Å²) in [6.45, 7) is 4.03. The fraction of sp³-hybridized carbons (Fsp3) is 0.111. The highest BCUT2D eigenvalue weighted by atomic mass is 32.1. The van der Waals surface area contributed by atoms with Crippen molar-refractivity contribution in [3.05, 3.63) is 68.0 Å². The molecule has 2 aromatic heterocycles. The molecule has 0 aliphatic heterocycles. The van der Waals surface area contributed by atoms with Crippen LogP contribution < -0.4 is 10.1 Å². The monoisotopic (exact) mass is 322 g/mol. The van der Waals surface area contributed by atoms with E-state index in [1.807, 2.05) is 26.0 Å². The van der Waals surface area contributed by atoms with E-state index in [0.717, 1.165) is 27.7 Å². The number of rotatable bonds is 1. The van der Waals surface area contributed by atoms with Crippen molar-refractivity contribution in [1.82, 2.24) is 9.38 Å². The lowest BCUT2D eigenvalue weighted by molar-refractivity contribution is 0.475. The van der Waals surface area contributed by atoms with E-state index in [0.29, 0.717) is 9.49 Å². The van der Waals surface area contributed by atoms with Gasteiger partial charge in [0.15, 0.2) is 4.96 Å². The van der Waals surface area contributed by atoms with Gasteiger partial charge in [-0.1, -0.05) is 29.5 Å². The zero-order valence-electron chi connectivity index (χ0n) is 12.7. The zero-order valence-corrected chi connectivity index (χ0v) is 13.5. The van der Waals surface area contributed by atoms with Crippen molar-refractivity contribution in [3.63, 3.8) is 0 Å². The topological polar surface area (TPSA) is 54.6 Å². The van der Waals surface area contributed by atoms with Crippen LogP contribution in [-0.2, 0) is 0 Å². The van der Waals surface area contributed by atoms with Crippen molar-refractivity contribution in [2.45, 2.75) is 13.8 Å². The molecule has 0 aliphatic rings. The molecule has 0 bridgehead atoms. The summed E-state index contributed by atoms with van der Waals surface area (Å²) in [5.41, 5.74) is 4.77. The van der Waals surface area contributed by atoms with Gasteiger partial charge < -0.3 is 5.11 Å². The molecule has 0 radical (unpaired) electrons. The van der Waals surface area contributed by atoms with E-state index in [1.54, 1.807) is 28.7 Å². The van der Waals surface area contributed by atoms with Gasteiger partial charge in [0, 0.05) is 0 Å². The van der Waals surface area contributed by atoms with E-state index < -0.39 is 0 Å². The molecule has 0 atom stereocenters. The maximum atomic E-state index is 12.8. The number of phenolic OH excluding ortho intramolecular Hbond substituents is 1. The lowest BCUT2D eigenvalue weighted by Crippen LogP contribution is -2.22. The number of phenols is 1. The second kappa shape index (κ2) is 4.93. The van der Waals surface area contributed by atoms with Crippen LogP contribution in [0.1, 0.15) is 16.7 Å². The summed E-state index contributed by atoms with van der Waals surface area (Å²) in [6.07, 6.45) is 1.83. The number of aromatic nitrogens is 2. The van der Waals surface area contributed by atoms with Crippen LogP contribution in [0, 0.1) is 13.8 Å². The van der Waals surface area contributed by atoms with Crippen LogP contribution in [0.2, 0.25) is 0 Å². The van der Waals surface area contributed by atoms with Crippen molar-refractivity contribution in [2.75, 3.05) is 0 Å². The molecule has 0 aliphatic carbocycles. The van der Waals surface area contributed by atoms with E-state index in [4.69, 9.17) is 0 Å². The molecule has 0 fully saturated rings. The third-order valence-corrected chi connectivity index (χ3v) is 4.84. The Bertz CT molecular complexity index is 1150. The summed E-state index contributed by atoms with van der Waals surface area (Å²) in [4.78, 5) is 18.1. The number of imidazole rings is 1. The number of fused-ring (bicyclic) bond motifs is 3. The van der Waals surface area contributed by atoms with Gasteiger partial charge in [0.2, 0.25) is 0 Å². The van der Waals surface area contributed by atoms with Crippen LogP contribution in [0.25, 0.3) is 22.1 Å². The highest BCUT2D eigenvalue weighted by Crippen LogP contribution is 2.21. The van der Waals surface area contributed by atoms with Crippen LogP contribution in [0.4, 0.5) is 0 Å². The van der Waals surface area contributed by atoms with E-state index >= 15 is 0 Å². The zero-order chi connectivity index (χ0) is 16.1.